The van der Waals surface area contributed by atoms with Crippen molar-refractivity contribution in [2.45, 2.75) is 39.2 Å². The van der Waals surface area contributed by atoms with Crippen molar-refractivity contribution in [1.29, 1.82) is 0 Å². The van der Waals surface area contributed by atoms with Crippen LogP contribution >= 0.6 is 0 Å². The van der Waals surface area contributed by atoms with Gasteiger partial charge in [0.25, 0.3) is 0 Å². The van der Waals surface area contributed by atoms with E-state index in [0.29, 0.717) is 13.0 Å². The molecule has 0 aromatic rings. The van der Waals surface area contributed by atoms with Gasteiger partial charge in [-0.2, -0.15) is 0 Å². The van der Waals surface area contributed by atoms with Crippen LogP contribution in [0.1, 0.15) is 33.6 Å². The topological polar surface area (TPSA) is 52.6 Å². The number of carbonyl (C=O) groups is 1. The van der Waals surface area contributed by atoms with Gasteiger partial charge in [-0.1, -0.05) is 6.92 Å². The molecule has 0 heterocycles. The predicted molar refractivity (Wildman–Crippen MR) is 61.7 cm³/mol. The maximum Gasteiger partial charge on any atom is 0.219 e. The van der Waals surface area contributed by atoms with Crippen LogP contribution in [0.5, 0.6) is 0 Å². The third kappa shape index (κ3) is 8.39. The third-order valence-electron chi connectivity index (χ3n) is 2.21. The molecule has 0 aromatic heterocycles. The number of aliphatic hydroxyl groups is 1. The first kappa shape index (κ1) is 14.4. The number of amides is 1. The zero-order chi connectivity index (χ0) is 11.9. The Morgan fingerprint density at radius 2 is 2.07 bits per heavy atom. The second-order valence-corrected chi connectivity index (χ2v) is 4.46. The maximum absolute atomic E-state index is 11.0. The standard InChI is InChI=1S/C11H24N2O2/c1-5-13(9-11(2,3)15)8-6-7-10(14)12-4/h15H,5-9H2,1-4H3,(H,12,14). The Balaban J connectivity index is 3.76. The van der Waals surface area contributed by atoms with Gasteiger partial charge in [-0.25, -0.2) is 0 Å². The van der Waals surface area contributed by atoms with E-state index in [0.717, 1.165) is 19.5 Å². The van der Waals surface area contributed by atoms with E-state index in [-0.39, 0.29) is 5.91 Å². The molecule has 0 unspecified atom stereocenters. The lowest BCUT2D eigenvalue weighted by Gasteiger charge is -2.27. The van der Waals surface area contributed by atoms with Gasteiger partial charge in [0.2, 0.25) is 5.91 Å². The van der Waals surface area contributed by atoms with Crippen LogP contribution in [0.15, 0.2) is 0 Å². The van der Waals surface area contributed by atoms with E-state index in [1.807, 2.05) is 0 Å². The van der Waals surface area contributed by atoms with Crippen molar-refractivity contribution in [3.05, 3.63) is 0 Å². The van der Waals surface area contributed by atoms with Crippen molar-refractivity contribution < 1.29 is 9.90 Å². The van der Waals surface area contributed by atoms with Crippen LogP contribution in [0.4, 0.5) is 0 Å². The highest BCUT2D eigenvalue weighted by atomic mass is 16.3. The molecule has 0 aromatic carbocycles. The van der Waals surface area contributed by atoms with E-state index in [4.69, 9.17) is 0 Å². The second kappa shape index (κ2) is 6.80. The lowest BCUT2D eigenvalue weighted by molar-refractivity contribution is -0.120. The smallest absolute Gasteiger partial charge is 0.219 e. The first-order chi connectivity index (χ1) is 6.89. The van der Waals surface area contributed by atoms with E-state index >= 15 is 0 Å². The number of hydrogen-bond donors (Lipinski definition) is 2. The van der Waals surface area contributed by atoms with Gasteiger partial charge in [0.15, 0.2) is 0 Å². The molecule has 0 spiro atoms. The molecule has 0 saturated heterocycles. The number of carbonyl (C=O) groups excluding carboxylic acids is 1. The molecule has 0 saturated carbocycles. The van der Waals surface area contributed by atoms with Crippen molar-refractivity contribution in [2.75, 3.05) is 26.7 Å². The minimum atomic E-state index is -0.664. The van der Waals surface area contributed by atoms with Crippen molar-refractivity contribution in [1.82, 2.24) is 10.2 Å². The summed E-state index contributed by atoms with van der Waals surface area (Å²) in [5.74, 6) is 0.0781. The molecule has 0 aliphatic carbocycles. The molecule has 2 N–H and O–H groups in total. The van der Waals surface area contributed by atoms with Crippen LogP contribution in [0.2, 0.25) is 0 Å². The number of hydrogen-bond acceptors (Lipinski definition) is 3. The molecule has 0 rings (SSSR count). The van der Waals surface area contributed by atoms with Crippen LogP contribution in [-0.2, 0) is 4.79 Å². The van der Waals surface area contributed by atoms with Crippen LogP contribution in [0.3, 0.4) is 0 Å². The van der Waals surface area contributed by atoms with Crippen LogP contribution < -0.4 is 5.32 Å². The first-order valence-electron chi connectivity index (χ1n) is 5.54. The zero-order valence-corrected chi connectivity index (χ0v) is 10.3. The minimum Gasteiger partial charge on any atom is -0.389 e. The van der Waals surface area contributed by atoms with Crippen LogP contribution in [0.25, 0.3) is 0 Å². The molecule has 0 aliphatic heterocycles. The molecule has 0 bridgehead atoms. The molecule has 1 amide bonds. The summed E-state index contributed by atoms with van der Waals surface area (Å²) in [5, 5.41) is 12.3. The van der Waals surface area contributed by atoms with Gasteiger partial charge in [-0.05, 0) is 33.4 Å². The average Bonchev–Trinajstić information content (AvgIpc) is 2.14. The SMILES string of the molecule is CCN(CCCC(=O)NC)CC(C)(C)O. The van der Waals surface area contributed by atoms with Crippen molar-refractivity contribution in [3.8, 4) is 0 Å². The fourth-order valence-electron chi connectivity index (χ4n) is 1.48. The summed E-state index contributed by atoms with van der Waals surface area (Å²) < 4.78 is 0. The molecule has 90 valence electrons. The minimum absolute atomic E-state index is 0.0781. The normalized spacial score (nSPS) is 11.9. The Kier molecular flexibility index (Phi) is 6.52. The van der Waals surface area contributed by atoms with Gasteiger partial charge in [-0.3, -0.25) is 4.79 Å². The molecule has 0 atom stereocenters. The van der Waals surface area contributed by atoms with Crippen molar-refractivity contribution >= 4 is 5.91 Å². The Morgan fingerprint density at radius 3 is 2.47 bits per heavy atom. The molecule has 4 nitrogen and oxygen atoms in total. The van der Waals surface area contributed by atoms with E-state index < -0.39 is 5.60 Å². The highest BCUT2D eigenvalue weighted by Crippen LogP contribution is 2.05. The van der Waals surface area contributed by atoms with Gasteiger partial charge in [0.1, 0.15) is 0 Å². The molecule has 0 fully saturated rings. The lowest BCUT2D eigenvalue weighted by Crippen LogP contribution is -2.39. The molecular weight excluding hydrogens is 192 g/mol. The van der Waals surface area contributed by atoms with Crippen LogP contribution in [0, 0.1) is 0 Å². The Hall–Kier alpha value is -0.610. The van der Waals surface area contributed by atoms with Gasteiger partial charge in [0, 0.05) is 20.0 Å². The predicted octanol–water partition coefficient (Wildman–Crippen LogP) is 0.605. The highest BCUT2D eigenvalue weighted by molar-refractivity contribution is 5.75. The average molecular weight is 216 g/mol. The van der Waals surface area contributed by atoms with Gasteiger partial charge < -0.3 is 15.3 Å². The molecule has 0 radical (unpaired) electrons. The number of likely N-dealkylation sites (N-methyl/N-ethyl adjacent to an activating group) is 1. The van der Waals surface area contributed by atoms with Gasteiger partial charge in [0.05, 0.1) is 5.60 Å². The second-order valence-electron chi connectivity index (χ2n) is 4.46. The molecular formula is C11H24N2O2. The van der Waals surface area contributed by atoms with E-state index in [2.05, 4.69) is 17.1 Å². The summed E-state index contributed by atoms with van der Waals surface area (Å²) in [5.41, 5.74) is -0.664. The van der Waals surface area contributed by atoms with Gasteiger partial charge in [-0.15, -0.1) is 0 Å². The Labute approximate surface area is 92.7 Å². The van der Waals surface area contributed by atoms with E-state index in [9.17, 15) is 9.90 Å². The van der Waals surface area contributed by atoms with Crippen LogP contribution in [-0.4, -0.2) is 48.2 Å². The fourth-order valence-corrected chi connectivity index (χ4v) is 1.48. The highest BCUT2D eigenvalue weighted by Gasteiger charge is 2.16. The van der Waals surface area contributed by atoms with Crippen molar-refractivity contribution in [3.63, 3.8) is 0 Å². The Bertz CT molecular complexity index is 188. The summed E-state index contributed by atoms with van der Waals surface area (Å²) in [4.78, 5) is 13.1. The monoisotopic (exact) mass is 216 g/mol. The Morgan fingerprint density at radius 1 is 1.47 bits per heavy atom. The maximum atomic E-state index is 11.0. The summed E-state index contributed by atoms with van der Waals surface area (Å²) in [7, 11) is 1.65. The van der Waals surface area contributed by atoms with E-state index in [1.54, 1.807) is 20.9 Å². The lowest BCUT2D eigenvalue weighted by atomic mass is 10.1. The first-order valence-corrected chi connectivity index (χ1v) is 5.54. The number of nitrogens with zero attached hydrogens (tertiary/aromatic N) is 1. The fraction of sp³-hybridized carbons (Fsp3) is 0.909. The molecule has 15 heavy (non-hydrogen) atoms. The zero-order valence-electron chi connectivity index (χ0n) is 10.3. The molecule has 0 aliphatic rings. The summed E-state index contributed by atoms with van der Waals surface area (Å²) in [6, 6.07) is 0. The summed E-state index contributed by atoms with van der Waals surface area (Å²) >= 11 is 0. The van der Waals surface area contributed by atoms with Gasteiger partial charge >= 0.3 is 0 Å². The third-order valence-corrected chi connectivity index (χ3v) is 2.21. The summed E-state index contributed by atoms with van der Waals surface area (Å²) in [6.45, 7) is 8.07. The summed E-state index contributed by atoms with van der Waals surface area (Å²) in [6.07, 6.45) is 1.39. The van der Waals surface area contributed by atoms with Crippen molar-refractivity contribution in [2.24, 2.45) is 0 Å². The number of rotatable bonds is 7. The van der Waals surface area contributed by atoms with E-state index in [1.165, 1.54) is 0 Å². The number of nitrogens with one attached hydrogen (secondary N) is 1. The largest absolute Gasteiger partial charge is 0.389 e. The quantitative estimate of drug-likeness (QED) is 0.655. The molecule has 4 heteroatoms.